The van der Waals surface area contributed by atoms with Crippen LogP contribution in [0.2, 0.25) is 0 Å². The van der Waals surface area contributed by atoms with Crippen molar-refractivity contribution < 1.29 is 23.8 Å². The molecule has 34 heavy (non-hydrogen) atoms. The number of nitrogens with zero attached hydrogens (tertiary/aromatic N) is 1. The van der Waals surface area contributed by atoms with Gasteiger partial charge in [0.25, 0.3) is 0 Å². The Bertz CT molecular complexity index is 780. The number of hydrazine groups is 1. The van der Waals surface area contributed by atoms with Crippen LogP contribution in [0.4, 0.5) is 4.39 Å². The van der Waals surface area contributed by atoms with Crippen LogP contribution in [-0.4, -0.2) is 82.5 Å². The highest BCUT2D eigenvalue weighted by atomic mass is 35.5. The van der Waals surface area contributed by atoms with Gasteiger partial charge in [-0.3, -0.25) is 15.0 Å². The second kappa shape index (κ2) is 9.81. The van der Waals surface area contributed by atoms with Crippen LogP contribution in [0.5, 0.6) is 0 Å². The van der Waals surface area contributed by atoms with E-state index in [1.165, 1.54) is 0 Å². The number of alkyl halides is 2. The number of piperidine rings is 1. The van der Waals surface area contributed by atoms with Crippen LogP contribution in [0.1, 0.15) is 70.6 Å². The first-order valence-corrected chi connectivity index (χ1v) is 13.4. The molecule has 0 aromatic carbocycles. The molecule has 2 saturated heterocycles. The van der Waals surface area contributed by atoms with E-state index in [1.807, 2.05) is 0 Å². The van der Waals surface area contributed by atoms with Crippen molar-refractivity contribution in [3.05, 3.63) is 0 Å². The molecule has 6 fully saturated rings. The summed E-state index contributed by atoms with van der Waals surface area (Å²) in [4.78, 5) is 25.9. The fourth-order valence-electron chi connectivity index (χ4n) is 6.91. The van der Waals surface area contributed by atoms with E-state index in [2.05, 4.69) is 21.1 Å². The van der Waals surface area contributed by atoms with Crippen LogP contribution < -0.4 is 16.1 Å². The van der Waals surface area contributed by atoms with E-state index in [1.54, 1.807) is 0 Å². The van der Waals surface area contributed by atoms with Gasteiger partial charge >= 0.3 is 0 Å². The van der Waals surface area contributed by atoms with Crippen molar-refractivity contribution in [3.63, 3.8) is 0 Å². The lowest BCUT2D eigenvalue weighted by molar-refractivity contribution is -0.141. The summed E-state index contributed by atoms with van der Waals surface area (Å²) in [5, 5.41) is 19.1. The molecule has 6 rings (SSSR count). The lowest BCUT2D eigenvalue weighted by Crippen LogP contribution is -2.70. The van der Waals surface area contributed by atoms with Crippen LogP contribution in [0.3, 0.4) is 0 Å². The number of fused-ring (bicyclic) bond motifs is 4. The molecule has 6 atom stereocenters. The molecule has 2 heterocycles. The largest absolute Gasteiger partial charge is 0.391 e. The van der Waals surface area contributed by atoms with Gasteiger partial charge in [-0.25, -0.2) is 9.40 Å². The molecule has 0 spiro atoms. The van der Waals surface area contributed by atoms with Crippen molar-refractivity contribution in [2.24, 2.45) is 5.92 Å². The molecule has 10 heteroatoms. The lowest BCUT2D eigenvalue weighted by Gasteiger charge is -2.56. The number of amides is 2. The first-order chi connectivity index (χ1) is 16.3. The number of hydrogen-bond donors (Lipinski definition) is 4. The Morgan fingerprint density at radius 3 is 2.68 bits per heavy atom. The number of carbonyl (C=O) groups excluding carboxylic acids is 2. The van der Waals surface area contributed by atoms with Gasteiger partial charge in [-0.2, -0.15) is 0 Å². The highest BCUT2D eigenvalue weighted by Gasteiger charge is 2.56. The number of aliphatic hydroxyl groups is 1. The van der Waals surface area contributed by atoms with Gasteiger partial charge in [0.05, 0.1) is 29.0 Å². The normalized spacial score (nSPS) is 44.4. The minimum atomic E-state index is -1.11. The maximum atomic E-state index is 13.8. The maximum absolute atomic E-state index is 13.8. The molecule has 4 N–H and O–H groups in total. The Hall–Kier alpha value is -1.00. The van der Waals surface area contributed by atoms with E-state index in [0.717, 1.165) is 38.6 Å². The van der Waals surface area contributed by atoms with Gasteiger partial charge in [0.15, 0.2) is 0 Å². The molecule has 2 bridgehead atoms. The van der Waals surface area contributed by atoms with Crippen molar-refractivity contribution in [1.29, 1.82) is 0 Å². The number of halogens is 2. The first-order valence-electron chi connectivity index (χ1n) is 13.0. The van der Waals surface area contributed by atoms with Crippen LogP contribution in [0, 0.1) is 5.92 Å². The molecule has 6 unspecified atom stereocenters. The predicted molar refractivity (Wildman–Crippen MR) is 125 cm³/mol. The maximum Gasteiger partial charge on any atom is 0.246 e. The molecule has 4 aliphatic carbocycles. The third kappa shape index (κ3) is 4.83. The summed E-state index contributed by atoms with van der Waals surface area (Å²) in [6.45, 7) is 1.52. The van der Waals surface area contributed by atoms with Crippen LogP contribution >= 0.6 is 11.6 Å². The Labute approximate surface area is 205 Å². The molecular weight excluding hydrogens is 463 g/mol. The molecule has 8 nitrogen and oxygen atoms in total. The zero-order chi connectivity index (χ0) is 23.9. The highest BCUT2D eigenvalue weighted by molar-refractivity contribution is 6.21. The van der Waals surface area contributed by atoms with Gasteiger partial charge in [0, 0.05) is 31.1 Å². The minimum Gasteiger partial charge on any atom is -0.391 e. The lowest BCUT2D eigenvalue weighted by atomic mass is 9.59. The second-order valence-corrected chi connectivity index (χ2v) is 11.8. The number of hydrogen-bond acceptors (Lipinski definition) is 6. The average molecular weight is 501 g/mol. The molecule has 0 aromatic rings. The predicted octanol–water partition coefficient (Wildman–Crippen LogP) is 1.54. The minimum absolute atomic E-state index is 0.0601. The summed E-state index contributed by atoms with van der Waals surface area (Å²) in [5.41, 5.74) is 2.29. The number of rotatable bonds is 6. The second-order valence-electron chi connectivity index (χ2n) is 11.2. The molecule has 0 aromatic heterocycles. The van der Waals surface area contributed by atoms with Crippen molar-refractivity contribution in [1.82, 2.24) is 21.1 Å². The fraction of sp³-hybridized carbons (Fsp3) is 0.917. The van der Waals surface area contributed by atoms with Crippen LogP contribution in [-0.2, 0) is 14.3 Å². The monoisotopic (exact) mass is 500 g/mol. The molecule has 2 aliphatic heterocycles. The number of nitrogens with one attached hydrogen (secondary N) is 3. The van der Waals surface area contributed by atoms with Crippen molar-refractivity contribution in [3.8, 4) is 0 Å². The third-order valence-corrected chi connectivity index (χ3v) is 9.55. The fourth-order valence-corrected chi connectivity index (χ4v) is 7.14. The topological polar surface area (TPSA) is 103 Å². The van der Waals surface area contributed by atoms with E-state index in [0.29, 0.717) is 38.6 Å². The molecule has 2 amide bonds. The Morgan fingerprint density at radius 2 is 1.94 bits per heavy atom. The van der Waals surface area contributed by atoms with Crippen molar-refractivity contribution >= 4 is 23.4 Å². The van der Waals surface area contributed by atoms with Gasteiger partial charge in [0.2, 0.25) is 11.8 Å². The molecular formula is C24H38ClFN4O4. The Morgan fingerprint density at radius 1 is 1.15 bits per heavy atom. The van der Waals surface area contributed by atoms with E-state index in [-0.39, 0.29) is 42.9 Å². The molecule has 0 radical (unpaired) electrons. The molecule has 4 saturated carbocycles. The van der Waals surface area contributed by atoms with Gasteiger partial charge in [0.1, 0.15) is 12.8 Å². The van der Waals surface area contributed by atoms with Crippen LogP contribution in [0.25, 0.3) is 0 Å². The van der Waals surface area contributed by atoms with E-state index in [9.17, 15) is 19.1 Å². The zero-order valence-corrected chi connectivity index (χ0v) is 20.5. The number of aliphatic hydroxyl groups excluding tert-OH is 1. The summed E-state index contributed by atoms with van der Waals surface area (Å²) in [7, 11) is 0. The van der Waals surface area contributed by atoms with Gasteiger partial charge in [-0.1, -0.05) is 6.42 Å². The summed E-state index contributed by atoms with van der Waals surface area (Å²) >= 11 is 5.92. The summed E-state index contributed by atoms with van der Waals surface area (Å²) in [6, 6.07) is 0.257. The highest BCUT2D eigenvalue weighted by Crippen LogP contribution is 2.47. The quantitative estimate of drug-likeness (QED) is 0.413. The summed E-state index contributed by atoms with van der Waals surface area (Å²) in [5.74, 6) is -0.260. The third-order valence-electron chi connectivity index (χ3n) is 9.06. The Kier molecular flexibility index (Phi) is 7.12. The van der Waals surface area contributed by atoms with Crippen LogP contribution in [0.15, 0.2) is 0 Å². The van der Waals surface area contributed by atoms with E-state index < -0.39 is 28.7 Å². The molecule has 192 valence electrons. The smallest absolute Gasteiger partial charge is 0.246 e. The van der Waals surface area contributed by atoms with Gasteiger partial charge in [-0.05, 0) is 57.8 Å². The number of carbonyl (C=O) groups is 2. The standard InChI is InChI=1S/C24H38ClFN4O4/c25-17-5-4-15(11-18(17)26)34-14-21(32)28-24-8-6-23(7-9-24,12-20(24)31)29-22(33)16-13-27-30-10-2-1-3-19(16)30/h15-20,27,31H,1-14H2,(H,28,32)(H,29,33). The number of ether oxygens (including phenoxy) is 1. The SMILES string of the molecule is O=C(COC1CCC(Cl)C(F)C1)NC12CCC(NC(=O)C3CNN4CCCCC34)(CC1)CC2O. The zero-order valence-electron chi connectivity index (χ0n) is 19.7. The first kappa shape index (κ1) is 24.7. The Balaban J connectivity index is 1.12. The summed E-state index contributed by atoms with van der Waals surface area (Å²) in [6.07, 6.45) is 5.76. The van der Waals surface area contributed by atoms with Gasteiger partial charge in [-0.15, -0.1) is 11.6 Å². The van der Waals surface area contributed by atoms with E-state index >= 15 is 0 Å². The summed E-state index contributed by atoms with van der Waals surface area (Å²) < 4.78 is 19.5. The van der Waals surface area contributed by atoms with E-state index in [4.69, 9.17) is 16.3 Å². The van der Waals surface area contributed by atoms with Crippen molar-refractivity contribution in [2.45, 2.75) is 112 Å². The van der Waals surface area contributed by atoms with Gasteiger partial charge < -0.3 is 20.5 Å². The molecule has 6 aliphatic rings. The average Bonchev–Trinajstić information content (AvgIpc) is 3.25. The van der Waals surface area contributed by atoms with Crippen molar-refractivity contribution in [2.75, 3.05) is 19.7 Å².